The highest BCUT2D eigenvalue weighted by molar-refractivity contribution is 6.07. The van der Waals surface area contributed by atoms with Crippen LogP contribution in [0.2, 0.25) is 0 Å². The van der Waals surface area contributed by atoms with Crippen LogP contribution in [0.5, 0.6) is 0 Å². The number of H-pyrrole nitrogens is 1. The van der Waals surface area contributed by atoms with Crippen LogP contribution in [-0.2, 0) is 11.8 Å². The number of aromatic nitrogens is 9. The summed E-state index contributed by atoms with van der Waals surface area (Å²) in [5.41, 5.74) is 8.17. The molecule has 7 rings (SSSR count). The third-order valence-corrected chi connectivity index (χ3v) is 7.66. The van der Waals surface area contributed by atoms with Crippen molar-refractivity contribution in [2.24, 2.45) is 13.0 Å². The molecule has 10 nitrogen and oxygen atoms in total. The van der Waals surface area contributed by atoms with Gasteiger partial charge in [0.25, 0.3) is 0 Å². The topological polar surface area (TPSA) is 112 Å². The van der Waals surface area contributed by atoms with Crippen molar-refractivity contribution in [2.45, 2.75) is 25.8 Å². The van der Waals surface area contributed by atoms with Crippen molar-refractivity contribution in [3.63, 3.8) is 0 Å². The van der Waals surface area contributed by atoms with E-state index in [1.807, 2.05) is 30.9 Å². The SMILES string of the molecule is Cc1nnn(C)c1-c1cnc2c3ccc(-c4nnn[nH]4)cc3n(C(c3ccccc3)C3CCOCC3)c2c1. The Balaban J connectivity index is 1.55. The highest BCUT2D eigenvalue weighted by atomic mass is 16.5. The molecule has 2 aromatic carbocycles. The number of nitrogens with one attached hydrogen (secondary N) is 1. The van der Waals surface area contributed by atoms with Gasteiger partial charge >= 0.3 is 0 Å². The molecule has 4 aromatic heterocycles. The molecular weight excluding hydrogens is 478 g/mol. The van der Waals surface area contributed by atoms with E-state index in [0.717, 1.165) is 70.5 Å². The fourth-order valence-electron chi connectivity index (χ4n) is 5.93. The summed E-state index contributed by atoms with van der Waals surface area (Å²) in [5, 5.41) is 24.2. The van der Waals surface area contributed by atoms with Crippen molar-refractivity contribution in [3.05, 3.63) is 72.1 Å². The Morgan fingerprint density at radius 2 is 1.79 bits per heavy atom. The molecule has 0 radical (unpaired) electrons. The van der Waals surface area contributed by atoms with E-state index in [0.29, 0.717) is 11.7 Å². The van der Waals surface area contributed by atoms with Crippen molar-refractivity contribution in [2.75, 3.05) is 13.2 Å². The number of tetrazole rings is 1. The molecule has 0 spiro atoms. The minimum absolute atomic E-state index is 0.103. The molecule has 5 heterocycles. The van der Waals surface area contributed by atoms with Gasteiger partial charge in [-0.15, -0.1) is 10.2 Å². The number of fused-ring (bicyclic) bond motifs is 3. The van der Waals surface area contributed by atoms with Crippen LogP contribution in [0.4, 0.5) is 0 Å². The number of pyridine rings is 1. The average molecular weight is 506 g/mol. The lowest BCUT2D eigenvalue weighted by Crippen LogP contribution is -2.26. The highest BCUT2D eigenvalue weighted by Gasteiger charge is 2.30. The molecule has 190 valence electrons. The zero-order chi connectivity index (χ0) is 25.6. The second kappa shape index (κ2) is 9.14. The Morgan fingerprint density at radius 1 is 0.974 bits per heavy atom. The van der Waals surface area contributed by atoms with Gasteiger partial charge in [-0.25, -0.2) is 9.78 Å². The zero-order valence-corrected chi connectivity index (χ0v) is 21.2. The van der Waals surface area contributed by atoms with Gasteiger partial charge in [0.15, 0.2) is 5.82 Å². The molecular formula is C28H27N9O. The van der Waals surface area contributed by atoms with E-state index in [2.05, 4.69) is 84.0 Å². The average Bonchev–Trinajstić information content (AvgIpc) is 3.69. The van der Waals surface area contributed by atoms with Crippen molar-refractivity contribution in [3.8, 4) is 22.6 Å². The summed E-state index contributed by atoms with van der Waals surface area (Å²) in [6.45, 7) is 3.52. The van der Waals surface area contributed by atoms with Gasteiger partial charge in [0, 0.05) is 43.0 Å². The first-order valence-electron chi connectivity index (χ1n) is 12.9. The minimum Gasteiger partial charge on any atom is -0.381 e. The Labute approximate surface area is 218 Å². The quantitative estimate of drug-likeness (QED) is 0.367. The maximum Gasteiger partial charge on any atom is 0.179 e. The monoisotopic (exact) mass is 505 g/mol. The lowest BCUT2D eigenvalue weighted by molar-refractivity contribution is 0.0553. The first kappa shape index (κ1) is 22.7. The van der Waals surface area contributed by atoms with Crippen LogP contribution in [0, 0.1) is 12.8 Å². The summed E-state index contributed by atoms with van der Waals surface area (Å²) in [5.74, 6) is 1.04. The van der Waals surface area contributed by atoms with Gasteiger partial charge in [-0.1, -0.05) is 41.6 Å². The highest BCUT2D eigenvalue weighted by Crippen LogP contribution is 2.41. The third kappa shape index (κ3) is 3.67. The predicted octanol–water partition coefficient (Wildman–Crippen LogP) is 4.49. The van der Waals surface area contributed by atoms with Crippen molar-refractivity contribution < 1.29 is 4.74 Å². The minimum atomic E-state index is 0.103. The lowest BCUT2D eigenvalue weighted by atomic mass is 9.86. The number of hydrogen-bond acceptors (Lipinski definition) is 7. The summed E-state index contributed by atoms with van der Waals surface area (Å²) in [6.07, 6.45) is 3.91. The van der Waals surface area contributed by atoms with E-state index in [-0.39, 0.29) is 6.04 Å². The second-order valence-corrected chi connectivity index (χ2v) is 9.90. The van der Waals surface area contributed by atoms with Crippen molar-refractivity contribution in [1.29, 1.82) is 0 Å². The van der Waals surface area contributed by atoms with Gasteiger partial charge in [0.05, 0.1) is 34.0 Å². The number of aromatic amines is 1. The molecule has 1 N–H and O–H groups in total. The van der Waals surface area contributed by atoms with Gasteiger partial charge in [0.1, 0.15) is 0 Å². The predicted molar refractivity (Wildman–Crippen MR) is 143 cm³/mol. The summed E-state index contributed by atoms with van der Waals surface area (Å²) < 4.78 is 10.1. The number of aryl methyl sites for hydroxylation is 2. The van der Waals surface area contributed by atoms with E-state index in [9.17, 15) is 0 Å². The normalized spacial score (nSPS) is 15.4. The molecule has 1 fully saturated rings. The molecule has 0 amide bonds. The molecule has 6 aromatic rings. The number of rotatable bonds is 5. The molecule has 38 heavy (non-hydrogen) atoms. The Bertz CT molecular complexity index is 1710. The fourth-order valence-corrected chi connectivity index (χ4v) is 5.93. The van der Waals surface area contributed by atoms with Crippen LogP contribution in [-0.4, -0.2) is 58.4 Å². The van der Waals surface area contributed by atoms with Crippen LogP contribution in [0.25, 0.3) is 44.6 Å². The molecule has 10 heteroatoms. The lowest BCUT2D eigenvalue weighted by Gasteiger charge is -2.33. The van der Waals surface area contributed by atoms with Crippen molar-refractivity contribution in [1.82, 2.24) is 45.2 Å². The van der Waals surface area contributed by atoms with E-state index < -0.39 is 0 Å². The molecule has 1 unspecified atom stereocenters. The standard InChI is InChI=1S/C28H27N9O/c1-17-26(36(2)35-30-17)21-15-24-25(29-16-21)22-9-8-20(28-31-33-34-32-28)14-23(22)37(24)27(18-6-4-3-5-7-18)19-10-12-38-13-11-19/h3-9,14-16,19,27H,10-13H2,1-2H3,(H,31,32,33,34). The third-order valence-electron chi connectivity index (χ3n) is 7.66. The summed E-state index contributed by atoms with van der Waals surface area (Å²) in [6, 6.07) is 19.5. The molecule has 1 aliphatic rings. The largest absolute Gasteiger partial charge is 0.381 e. The summed E-state index contributed by atoms with van der Waals surface area (Å²) in [4.78, 5) is 5.02. The van der Waals surface area contributed by atoms with Gasteiger partial charge in [0.2, 0.25) is 0 Å². The first-order valence-corrected chi connectivity index (χ1v) is 12.9. The van der Waals surface area contributed by atoms with E-state index >= 15 is 0 Å². The molecule has 1 aliphatic heterocycles. The van der Waals surface area contributed by atoms with Crippen LogP contribution in [0.3, 0.4) is 0 Å². The Kier molecular flexibility index (Phi) is 5.47. The van der Waals surface area contributed by atoms with Gasteiger partial charge in [-0.05, 0) is 59.9 Å². The van der Waals surface area contributed by atoms with E-state index in [4.69, 9.17) is 9.72 Å². The van der Waals surface area contributed by atoms with Gasteiger partial charge in [-0.3, -0.25) is 4.98 Å². The molecule has 1 atom stereocenters. The maximum absolute atomic E-state index is 5.78. The van der Waals surface area contributed by atoms with Gasteiger partial charge < -0.3 is 9.30 Å². The van der Waals surface area contributed by atoms with Crippen LogP contribution >= 0.6 is 0 Å². The number of nitrogens with zero attached hydrogens (tertiary/aromatic N) is 8. The first-order chi connectivity index (χ1) is 18.7. The molecule has 0 aliphatic carbocycles. The number of benzene rings is 2. The molecule has 1 saturated heterocycles. The number of hydrogen-bond donors (Lipinski definition) is 1. The van der Waals surface area contributed by atoms with Crippen molar-refractivity contribution >= 4 is 21.9 Å². The van der Waals surface area contributed by atoms with Crippen LogP contribution in [0.1, 0.15) is 30.1 Å². The molecule has 0 saturated carbocycles. The zero-order valence-electron chi connectivity index (χ0n) is 21.2. The number of ether oxygens (including phenoxy) is 1. The summed E-state index contributed by atoms with van der Waals surface area (Å²) >= 11 is 0. The van der Waals surface area contributed by atoms with Crippen LogP contribution in [0.15, 0.2) is 60.8 Å². The van der Waals surface area contributed by atoms with E-state index in [1.165, 1.54) is 5.56 Å². The molecule has 0 bridgehead atoms. The van der Waals surface area contributed by atoms with Crippen LogP contribution < -0.4 is 0 Å². The van der Waals surface area contributed by atoms with Gasteiger partial charge in [-0.2, -0.15) is 0 Å². The maximum atomic E-state index is 5.78. The summed E-state index contributed by atoms with van der Waals surface area (Å²) in [7, 11) is 1.92. The fraction of sp³-hybridized carbons (Fsp3) is 0.286. The Morgan fingerprint density at radius 3 is 2.53 bits per heavy atom. The smallest absolute Gasteiger partial charge is 0.179 e. The second-order valence-electron chi connectivity index (χ2n) is 9.90. The Hall–Kier alpha value is -4.44. The van der Waals surface area contributed by atoms with E-state index in [1.54, 1.807) is 0 Å².